The van der Waals surface area contributed by atoms with Crippen molar-refractivity contribution in [1.29, 1.82) is 0 Å². The van der Waals surface area contributed by atoms with Crippen molar-refractivity contribution in [1.82, 2.24) is 0 Å². The smallest absolute Gasteiger partial charge is 0.252 e. The van der Waals surface area contributed by atoms with Crippen LogP contribution in [0.5, 0.6) is 0 Å². The highest BCUT2D eigenvalue weighted by atomic mass is 15.3. The molecular weight excluding hydrogens is 858 g/mol. The Labute approximate surface area is 425 Å². The molecule has 0 spiro atoms. The van der Waals surface area contributed by atoms with Gasteiger partial charge in [0.1, 0.15) is 0 Å². The van der Waals surface area contributed by atoms with Crippen LogP contribution in [0.3, 0.4) is 0 Å². The van der Waals surface area contributed by atoms with Gasteiger partial charge in [0.25, 0.3) is 6.71 Å². The van der Waals surface area contributed by atoms with Crippen molar-refractivity contribution in [3.05, 3.63) is 190 Å². The van der Waals surface area contributed by atoms with Crippen molar-refractivity contribution >= 4 is 62.9 Å². The number of aryl methyl sites for hydroxylation is 1. The molecule has 0 radical (unpaired) electrons. The second kappa shape index (κ2) is 14.6. The molecule has 7 aromatic carbocycles. The summed E-state index contributed by atoms with van der Waals surface area (Å²) in [6, 6.07) is 58.3. The highest BCUT2D eigenvalue weighted by Gasteiger charge is 2.65. The van der Waals surface area contributed by atoms with Crippen LogP contribution in [0.15, 0.2) is 146 Å². The number of rotatable bonds is 3. The Morgan fingerprint density at radius 2 is 1.13 bits per heavy atom. The highest BCUT2D eigenvalue weighted by Crippen LogP contribution is 2.67. The molecular formula is C67H72BN3. The number of hydrogen-bond acceptors (Lipinski definition) is 3. The molecule has 1 saturated carbocycles. The number of para-hydroxylation sites is 1. The maximum absolute atomic E-state index is 2.93. The Morgan fingerprint density at radius 3 is 1.87 bits per heavy atom. The van der Waals surface area contributed by atoms with Gasteiger partial charge in [0.15, 0.2) is 0 Å². The summed E-state index contributed by atoms with van der Waals surface area (Å²) in [5.41, 5.74) is 24.1. The summed E-state index contributed by atoms with van der Waals surface area (Å²) >= 11 is 0. The molecule has 1 fully saturated rings. The molecule has 0 saturated heterocycles. The standard InChI is InChI=1S/C67H72BN3/c1-61(2,3)45-26-22-27-48(37-45)69-56-40-46(62(4,5)6)31-32-53(56)68-54-39-47(63(7,8)9)38-52-60(54)71(66(12)50-28-17-16-23-43(50)33-36-64(52,66)10)58-42-49(41-57(69)59(58)68)70-55-30-19-18-29-51(55)67(44-24-14-13-15-25-44)35-21-20-34-65(67,70)11/h13-19,22-32,37-42H,20-21,33-36H2,1-12H3. The van der Waals surface area contributed by atoms with Gasteiger partial charge in [0.05, 0.1) is 11.1 Å². The molecule has 4 atom stereocenters. The van der Waals surface area contributed by atoms with Crippen LogP contribution in [0.2, 0.25) is 0 Å². The van der Waals surface area contributed by atoms with Crippen LogP contribution in [0.25, 0.3) is 0 Å². The van der Waals surface area contributed by atoms with Gasteiger partial charge in [-0.1, -0.05) is 191 Å². The van der Waals surface area contributed by atoms with Gasteiger partial charge in [0.2, 0.25) is 0 Å². The topological polar surface area (TPSA) is 9.72 Å². The third-order valence-corrected chi connectivity index (χ3v) is 19.4. The lowest BCUT2D eigenvalue weighted by molar-refractivity contribution is 0.215. The molecule has 0 aromatic heterocycles. The average Bonchev–Trinajstić information content (AvgIpc) is 3.72. The highest BCUT2D eigenvalue weighted by molar-refractivity contribution is 7.00. The summed E-state index contributed by atoms with van der Waals surface area (Å²) in [5, 5.41) is 0. The second-order valence-corrected chi connectivity index (χ2v) is 26.2. The molecule has 0 amide bonds. The molecule has 4 heterocycles. The van der Waals surface area contributed by atoms with E-state index in [1.165, 1.54) is 114 Å². The molecule has 4 aliphatic heterocycles. The predicted molar refractivity (Wildman–Crippen MR) is 303 cm³/mol. The van der Waals surface area contributed by atoms with Gasteiger partial charge >= 0.3 is 0 Å². The van der Waals surface area contributed by atoms with E-state index in [1.807, 2.05) is 0 Å². The van der Waals surface area contributed by atoms with E-state index in [4.69, 9.17) is 0 Å². The zero-order valence-electron chi connectivity index (χ0n) is 44.5. The lowest BCUT2D eigenvalue weighted by atomic mass is 9.33. The van der Waals surface area contributed by atoms with Crippen molar-refractivity contribution in [3.8, 4) is 0 Å². The van der Waals surface area contributed by atoms with E-state index >= 15 is 0 Å². The van der Waals surface area contributed by atoms with Gasteiger partial charge in [0, 0.05) is 50.6 Å². The third kappa shape index (κ3) is 5.80. The fraction of sp³-hybridized carbons (Fsp3) is 0.373. The van der Waals surface area contributed by atoms with E-state index in [0.717, 1.165) is 25.7 Å². The second-order valence-electron chi connectivity index (χ2n) is 26.2. The molecule has 358 valence electrons. The molecule has 13 rings (SSSR count). The van der Waals surface area contributed by atoms with E-state index in [-0.39, 0.29) is 44.9 Å². The Bertz CT molecular complexity index is 3370. The van der Waals surface area contributed by atoms with E-state index in [0.29, 0.717) is 0 Å². The van der Waals surface area contributed by atoms with E-state index in [1.54, 1.807) is 0 Å². The molecule has 7 aromatic rings. The lowest BCUT2D eigenvalue weighted by Gasteiger charge is -2.54. The maximum Gasteiger partial charge on any atom is 0.252 e. The van der Waals surface area contributed by atoms with Crippen molar-refractivity contribution in [2.75, 3.05) is 14.7 Å². The fourth-order valence-corrected chi connectivity index (χ4v) is 15.4. The zero-order chi connectivity index (χ0) is 49.4. The SMILES string of the molecule is CC(C)(C)c1cccc(N2c3cc(C(C)(C)C)ccc3B3c4cc(C(C)(C)C)cc5c4N(c4cc(N6c7ccccc7C7(c8ccccc8)CCCCC67C)cc2c43)C2(C)c3ccccc3CCC52C)c1. The first-order chi connectivity index (χ1) is 33.7. The normalized spacial score (nSPS) is 24.7. The Balaban J connectivity index is 1.20. The van der Waals surface area contributed by atoms with E-state index < -0.39 is 0 Å². The van der Waals surface area contributed by atoms with Gasteiger partial charge in [-0.3, -0.25) is 0 Å². The Kier molecular flexibility index (Phi) is 9.22. The third-order valence-electron chi connectivity index (χ3n) is 19.4. The summed E-state index contributed by atoms with van der Waals surface area (Å²) in [4.78, 5) is 8.49. The van der Waals surface area contributed by atoms with Gasteiger partial charge in [-0.15, -0.1) is 0 Å². The maximum atomic E-state index is 2.93. The Hall–Kier alpha value is -6.00. The zero-order valence-corrected chi connectivity index (χ0v) is 44.5. The van der Waals surface area contributed by atoms with E-state index in [2.05, 4.69) is 243 Å². The number of hydrogen-bond donors (Lipinski definition) is 0. The van der Waals surface area contributed by atoms with Crippen LogP contribution in [0, 0.1) is 0 Å². The minimum Gasteiger partial charge on any atom is -0.334 e. The van der Waals surface area contributed by atoms with Crippen LogP contribution < -0.4 is 31.1 Å². The van der Waals surface area contributed by atoms with Gasteiger partial charge in [-0.25, -0.2) is 0 Å². The molecule has 3 nitrogen and oxygen atoms in total. The molecule has 4 unspecified atom stereocenters. The molecule has 0 bridgehead atoms. The molecule has 71 heavy (non-hydrogen) atoms. The number of anilines is 7. The van der Waals surface area contributed by atoms with Gasteiger partial charge in [-0.05, 0) is 153 Å². The number of benzene rings is 7. The summed E-state index contributed by atoms with van der Waals surface area (Å²) in [5.74, 6) is 0. The Morgan fingerprint density at radius 1 is 0.465 bits per heavy atom. The first-order valence-corrected chi connectivity index (χ1v) is 27.0. The summed E-state index contributed by atoms with van der Waals surface area (Å²) in [7, 11) is 0. The first kappa shape index (κ1) is 44.9. The average molecular weight is 930 g/mol. The number of fused-ring (bicyclic) bond motifs is 12. The van der Waals surface area contributed by atoms with Crippen molar-refractivity contribution < 1.29 is 0 Å². The van der Waals surface area contributed by atoms with Crippen molar-refractivity contribution in [2.45, 2.75) is 160 Å². The van der Waals surface area contributed by atoms with Gasteiger partial charge in [-0.2, -0.15) is 0 Å². The molecule has 4 heteroatoms. The van der Waals surface area contributed by atoms with Crippen molar-refractivity contribution in [2.24, 2.45) is 0 Å². The minimum absolute atomic E-state index is 0.0248. The van der Waals surface area contributed by atoms with Crippen molar-refractivity contribution in [3.63, 3.8) is 0 Å². The lowest BCUT2D eigenvalue weighted by Crippen LogP contribution is -2.64. The summed E-state index contributed by atoms with van der Waals surface area (Å²) in [6.45, 7) is 29.4. The summed E-state index contributed by atoms with van der Waals surface area (Å²) in [6.07, 6.45) is 6.83. The monoisotopic (exact) mass is 930 g/mol. The van der Waals surface area contributed by atoms with E-state index in [9.17, 15) is 0 Å². The largest absolute Gasteiger partial charge is 0.334 e. The van der Waals surface area contributed by atoms with Crippen LogP contribution in [0.1, 0.15) is 160 Å². The summed E-state index contributed by atoms with van der Waals surface area (Å²) < 4.78 is 0. The minimum atomic E-state index is -0.356. The van der Waals surface area contributed by atoms with Crippen LogP contribution in [-0.4, -0.2) is 12.3 Å². The van der Waals surface area contributed by atoms with Crippen LogP contribution in [-0.2, 0) is 39.0 Å². The van der Waals surface area contributed by atoms with Crippen LogP contribution >= 0.6 is 0 Å². The quantitative estimate of drug-likeness (QED) is 0.164. The fourth-order valence-electron chi connectivity index (χ4n) is 15.4. The van der Waals surface area contributed by atoms with Gasteiger partial charge < -0.3 is 14.7 Å². The first-order valence-electron chi connectivity index (χ1n) is 27.0. The molecule has 0 N–H and O–H groups in total. The molecule has 2 aliphatic carbocycles. The number of nitrogens with zero attached hydrogens (tertiary/aromatic N) is 3. The van der Waals surface area contributed by atoms with Crippen LogP contribution in [0.4, 0.5) is 39.8 Å². The predicted octanol–water partition coefficient (Wildman–Crippen LogP) is 15.2. The molecule has 6 aliphatic rings.